The molecule has 0 aliphatic carbocycles. The number of amides is 3. The van der Waals surface area contributed by atoms with Gasteiger partial charge in [0.1, 0.15) is 0 Å². The van der Waals surface area contributed by atoms with Crippen molar-refractivity contribution in [1.29, 1.82) is 0 Å². The number of imide groups is 1. The molecule has 28 heavy (non-hydrogen) atoms. The number of carbonyl (C=O) groups excluding carboxylic acids is 3. The number of hydrogen-bond acceptors (Lipinski definition) is 4. The standard InChI is InChI=1S/C21H21N3O3.ClH/c22-12-16-7-4-10-23(16)19(25)15-8-9-17-18(11-15)21(27)24(20(17)26)13-14-5-2-1-3-6-14;/h1-3,5-6,8-9,11,16H,4,7,10,12-13,22H2;1H. The number of likely N-dealkylation sites (tertiary alicyclic amines) is 1. The Morgan fingerprint density at radius 2 is 1.75 bits per heavy atom. The predicted molar refractivity (Wildman–Crippen MR) is 107 cm³/mol. The number of hydrogen-bond donors (Lipinski definition) is 1. The van der Waals surface area contributed by atoms with Gasteiger partial charge in [-0.3, -0.25) is 19.3 Å². The normalized spacial score (nSPS) is 18.2. The molecule has 1 unspecified atom stereocenters. The summed E-state index contributed by atoms with van der Waals surface area (Å²) in [5, 5.41) is 0. The Morgan fingerprint density at radius 3 is 2.46 bits per heavy atom. The zero-order valence-corrected chi connectivity index (χ0v) is 16.2. The highest BCUT2D eigenvalue weighted by molar-refractivity contribution is 6.22. The molecule has 4 rings (SSSR count). The molecule has 1 fully saturated rings. The van der Waals surface area contributed by atoms with Crippen LogP contribution in [0.1, 0.15) is 49.5 Å². The predicted octanol–water partition coefficient (Wildman–Crippen LogP) is 2.47. The molecule has 7 heteroatoms. The zero-order valence-electron chi connectivity index (χ0n) is 15.3. The van der Waals surface area contributed by atoms with Crippen molar-refractivity contribution in [2.45, 2.75) is 25.4 Å². The van der Waals surface area contributed by atoms with E-state index in [4.69, 9.17) is 5.73 Å². The lowest BCUT2D eigenvalue weighted by molar-refractivity contribution is 0.0642. The average Bonchev–Trinajstić information content (AvgIpc) is 3.27. The Labute approximate surface area is 169 Å². The van der Waals surface area contributed by atoms with Crippen LogP contribution in [0.15, 0.2) is 48.5 Å². The molecular weight excluding hydrogens is 378 g/mol. The largest absolute Gasteiger partial charge is 0.334 e. The molecule has 3 amide bonds. The summed E-state index contributed by atoms with van der Waals surface area (Å²) in [5.41, 5.74) is 7.72. The lowest BCUT2D eigenvalue weighted by atomic mass is 10.0. The minimum atomic E-state index is -0.356. The summed E-state index contributed by atoms with van der Waals surface area (Å²) < 4.78 is 0. The van der Waals surface area contributed by atoms with Crippen LogP contribution in [0.3, 0.4) is 0 Å². The molecular formula is C21H22ClN3O3. The molecule has 2 aliphatic heterocycles. The van der Waals surface area contributed by atoms with E-state index in [0.717, 1.165) is 18.4 Å². The molecule has 0 radical (unpaired) electrons. The highest BCUT2D eigenvalue weighted by Gasteiger charge is 2.37. The second-order valence-corrected chi connectivity index (χ2v) is 6.97. The van der Waals surface area contributed by atoms with Crippen LogP contribution in [-0.4, -0.2) is 46.7 Å². The highest BCUT2D eigenvalue weighted by Crippen LogP contribution is 2.27. The maximum atomic E-state index is 12.8. The number of carbonyl (C=O) groups is 3. The van der Waals surface area contributed by atoms with Crippen LogP contribution < -0.4 is 5.73 Å². The van der Waals surface area contributed by atoms with Gasteiger partial charge in [0, 0.05) is 24.7 Å². The molecule has 0 spiro atoms. The summed E-state index contributed by atoms with van der Waals surface area (Å²) >= 11 is 0. The Morgan fingerprint density at radius 1 is 1.04 bits per heavy atom. The number of fused-ring (bicyclic) bond motifs is 1. The van der Waals surface area contributed by atoms with Crippen molar-refractivity contribution < 1.29 is 14.4 Å². The van der Waals surface area contributed by atoms with Crippen molar-refractivity contribution in [1.82, 2.24) is 9.80 Å². The summed E-state index contributed by atoms with van der Waals surface area (Å²) in [6.45, 7) is 1.32. The van der Waals surface area contributed by atoms with Gasteiger partial charge in [0.2, 0.25) is 0 Å². The van der Waals surface area contributed by atoms with Crippen molar-refractivity contribution >= 4 is 30.1 Å². The van der Waals surface area contributed by atoms with E-state index in [0.29, 0.717) is 29.8 Å². The lowest BCUT2D eigenvalue weighted by Crippen LogP contribution is -2.39. The smallest absolute Gasteiger partial charge is 0.261 e. The number of rotatable bonds is 4. The molecule has 1 atom stereocenters. The van der Waals surface area contributed by atoms with E-state index in [-0.39, 0.29) is 42.7 Å². The van der Waals surface area contributed by atoms with Crippen molar-refractivity contribution in [2.75, 3.05) is 13.1 Å². The summed E-state index contributed by atoms with van der Waals surface area (Å²) in [6, 6.07) is 14.2. The minimum Gasteiger partial charge on any atom is -0.334 e. The van der Waals surface area contributed by atoms with Gasteiger partial charge in [-0.1, -0.05) is 30.3 Å². The zero-order chi connectivity index (χ0) is 19.0. The first-order valence-corrected chi connectivity index (χ1v) is 9.15. The molecule has 2 heterocycles. The van der Waals surface area contributed by atoms with Crippen LogP contribution >= 0.6 is 12.4 Å². The van der Waals surface area contributed by atoms with Crippen molar-refractivity contribution in [2.24, 2.45) is 5.73 Å². The molecule has 2 N–H and O–H groups in total. The monoisotopic (exact) mass is 399 g/mol. The van der Waals surface area contributed by atoms with Gasteiger partial charge in [0.15, 0.2) is 0 Å². The topological polar surface area (TPSA) is 83.7 Å². The third-order valence-corrected chi connectivity index (χ3v) is 5.31. The van der Waals surface area contributed by atoms with Gasteiger partial charge < -0.3 is 10.6 Å². The lowest BCUT2D eigenvalue weighted by Gasteiger charge is -2.23. The summed E-state index contributed by atoms with van der Waals surface area (Å²) in [7, 11) is 0. The third-order valence-electron chi connectivity index (χ3n) is 5.31. The third kappa shape index (κ3) is 3.41. The molecule has 2 aromatic carbocycles. The van der Waals surface area contributed by atoms with Gasteiger partial charge in [-0.15, -0.1) is 12.4 Å². The van der Waals surface area contributed by atoms with Gasteiger partial charge in [-0.2, -0.15) is 0 Å². The first kappa shape index (κ1) is 20.0. The van der Waals surface area contributed by atoms with E-state index in [1.165, 1.54) is 4.90 Å². The first-order chi connectivity index (χ1) is 13.1. The Hall–Kier alpha value is -2.70. The van der Waals surface area contributed by atoms with Crippen LogP contribution in [0.25, 0.3) is 0 Å². The van der Waals surface area contributed by atoms with Crippen LogP contribution in [0.4, 0.5) is 0 Å². The van der Waals surface area contributed by atoms with Crippen molar-refractivity contribution in [3.63, 3.8) is 0 Å². The molecule has 2 aromatic rings. The fourth-order valence-corrected chi connectivity index (χ4v) is 3.85. The summed E-state index contributed by atoms with van der Waals surface area (Å²) in [5.74, 6) is -0.809. The van der Waals surface area contributed by atoms with Gasteiger partial charge in [0.05, 0.1) is 17.7 Å². The minimum absolute atomic E-state index is 0. The summed E-state index contributed by atoms with van der Waals surface area (Å²) in [4.78, 5) is 41.3. The molecule has 1 saturated heterocycles. The van der Waals surface area contributed by atoms with Crippen molar-refractivity contribution in [3.8, 4) is 0 Å². The van der Waals surface area contributed by atoms with E-state index < -0.39 is 0 Å². The maximum absolute atomic E-state index is 12.8. The van der Waals surface area contributed by atoms with Crippen LogP contribution in [0.5, 0.6) is 0 Å². The average molecular weight is 400 g/mol. The molecule has 2 aliphatic rings. The van der Waals surface area contributed by atoms with Gasteiger partial charge in [-0.25, -0.2) is 0 Å². The number of nitrogens with two attached hydrogens (primary N) is 1. The number of halogens is 1. The molecule has 146 valence electrons. The molecule has 0 aromatic heterocycles. The van der Waals surface area contributed by atoms with Crippen LogP contribution in [-0.2, 0) is 6.54 Å². The fourth-order valence-electron chi connectivity index (χ4n) is 3.85. The van der Waals surface area contributed by atoms with E-state index in [1.54, 1.807) is 23.1 Å². The summed E-state index contributed by atoms with van der Waals surface area (Å²) in [6.07, 6.45) is 1.83. The van der Waals surface area contributed by atoms with E-state index in [2.05, 4.69) is 0 Å². The van der Waals surface area contributed by atoms with Crippen LogP contribution in [0.2, 0.25) is 0 Å². The Bertz CT molecular complexity index is 916. The maximum Gasteiger partial charge on any atom is 0.261 e. The fraction of sp³-hybridized carbons (Fsp3) is 0.286. The quantitative estimate of drug-likeness (QED) is 0.800. The second kappa shape index (κ2) is 8.12. The molecule has 0 bridgehead atoms. The Balaban J connectivity index is 0.00000225. The van der Waals surface area contributed by atoms with E-state index in [1.807, 2.05) is 30.3 Å². The number of benzene rings is 2. The van der Waals surface area contributed by atoms with Gasteiger partial charge in [0.25, 0.3) is 17.7 Å². The van der Waals surface area contributed by atoms with Gasteiger partial charge >= 0.3 is 0 Å². The highest BCUT2D eigenvalue weighted by atomic mass is 35.5. The SMILES string of the molecule is Cl.NCC1CCCN1C(=O)c1ccc2c(c1)C(=O)N(Cc1ccccc1)C2=O. The van der Waals surface area contributed by atoms with E-state index in [9.17, 15) is 14.4 Å². The first-order valence-electron chi connectivity index (χ1n) is 9.15. The Kier molecular flexibility index (Phi) is 5.82. The van der Waals surface area contributed by atoms with E-state index >= 15 is 0 Å². The van der Waals surface area contributed by atoms with Crippen LogP contribution in [0, 0.1) is 0 Å². The second-order valence-electron chi connectivity index (χ2n) is 6.97. The molecule has 6 nitrogen and oxygen atoms in total. The molecule has 0 saturated carbocycles. The van der Waals surface area contributed by atoms with Gasteiger partial charge in [-0.05, 0) is 36.6 Å². The van der Waals surface area contributed by atoms with Crippen molar-refractivity contribution in [3.05, 3.63) is 70.8 Å². The number of nitrogens with zero attached hydrogens (tertiary/aromatic N) is 2.